The second-order valence-corrected chi connectivity index (χ2v) is 4.64. The minimum atomic E-state index is -0.991. The molecule has 0 unspecified atom stereocenters. The molecule has 0 saturated heterocycles. The van der Waals surface area contributed by atoms with Crippen molar-refractivity contribution in [1.29, 1.82) is 0 Å². The van der Waals surface area contributed by atoms with E-state index in [1.165, 1.54) is 13.0 Å². The molecule has 0 aliphatic heterocycles. The molecular formula is C15H12FN3O4. The zero-order valence-corrected chi connectivity index (χ0v) is 12.0. The zero-order valence-electron chi connectivity index (χ0n) is 12.0. The Bertz CT molecular complexity index is 792. The average Bonchev–Trinajstić information content (AvgIpc) is 2.46. The molecule has 0 radical (unpaired) electrons. The van der Waals surface area contributed by atoms with Crippen molar-refractivity contribution in [2.45, 2.75) is 6.92 Å². The summed E-state index contributed by atoms with van der Waals surface area (Å²) in [6, 6.07) is 9.07. The SMILES string of the molecule is CC(=O)Nc1cccc(NC(=O)c2ccc([N+](=O)[O-])cc2F)c1. The molecule has 23 heavy (non-hydrogen) atoms. The Balaban J connectivity index is 2.19. The molecule has 0 bridgehead atoms. The van der Waals surface area contributed by atoms with Crippen LogP contribution in [0.1, 0.15) is 17.3 Å². The maximum atomic E-state index is 13.8. The second kappa shape index (κ2) is 6.65. The smallest absolute Gasteiger partial charge is 0.272 e. The van der Waals surface area contributed by atoms with Crippen molar-refractivity contribution < 1.29 is 18.9 Å². The summed E-state index contributed by atoms with van der Waals surface area (Å²) in [7, 11) is 0. The van der Waals surface area contributed by atoms with Gasteiger partial charge in [0.2, 0.25) is 5.91 Å². The Labute approximate surface area is 130 Å². The molecule has 0 atom stereocenters. The number of benzene rings is 2. The van der Waals surface area contributed by atoms with Gasteiger partial charge in [-0.3, -0.25) is 19.7 Å². The van der Waals surface area contributed by atoms with E-state index in [1.54, 1.807) is 18.2 Å². The van der Waals surface area contributed by atoms with Gasteiger partial charge in [-0.2, -0.15) is 0 Å². The van der Waals surface area contributed by atoms with Crippen LogP contribution in [0.4, 0.5) is 21.5 Å². The fourth-order valence-electron chi connectivity index (χ4n) is 1.88. The van der Waals surface area contributed by atoms with Gasteiger partial charge in [-0.1, -0.05) is 6.07 Å². The molecule has 2 amide bonds. The first-order valence-corrected chi connectivity index (χ1v) is 6.50. The minimum Gasteiger partial charge on any atom is -0.326 e. The largest absolute Gasteiger partial charge is 0.326 e. The number of anilines is 2. The van der Waals surface area contributed by atoms with Gasteiger partial charge >= 0.3 is 0 Å². The predicted octanol–water partition coefficient (Wildman–Crippen LogP) is 2.94. The summed E-state index contributed by atoms with van der Waals surface area (Å²) in [4.78, 5) is 32.8. The molecule has 2 rings (SSSR count). The van der Waals surface area contributed by atoms with Crippen LogP contribution in [0.3, 0.4) is 0 Å². The van der Waals surface area contributed by atoms with Crippen LogP contribution in [0, 0.1) is 15.9 Å². The number of hydrogen-bond donors (Lipinski definition) is 2. The molecule has 118 valence electrons. The Kier molecular flexibility index (Phi) is 4.65. The van der Waals surface area contributed by atoms with Gasteiger partial charge in [0.25, 0.3) is 11.6 Å². The summed E-state index contributed by atoms with van der Waals surface area (Å²) in [6.45, 7) is 1.34. The zero-order chi connectivity index (χ0) is 17.0. The Hall–Kier alpha value is -3.29. The maximum absolute atomic E-state index is 13.8. The fourth-order valence-corrected chi connectivity index (χ4v) is 1.88. The van der Waals surface area contributed by atoms with Gasteiger partial charge in [0, 0.05) is 24.4 Å². The van der Waals surface area contributed by atoms with Crippen LogP contribution in [0.2, 0.25) is 0 Å². The van der Waals surface area contributed by atoms with Gasteiger partial charge in [-0.15, -0.1) is 0 Å². The molecule has 0 aromatic heterocycles. The van der Waals surface area contributed by atoms with Crippen LogP contribution < -0.4 is 10.6 Å². The van der Waals surface area contributed by atoms with E-state index in [4.69, 9.17) is 0 Å². The van der Waals surface area contributed by atoms with Gasteiger partial charge in [0.15, 0.2) is 0 Å². The van der Waals surface area contributed by atoms with Crippen LogP contribution in [0.5, 0.6) is 0 Å². The summed E-state index contributed by atoms with van der Waals surface area (Å²) in [5.41, 5.74) is 0.0608. The minimum absolute atomic E-state index is 0.269. The van der Waals surface area contributed by atoms with Crippen molar-refractivity contribution in [3.8, 4) is 0 Å². The van der Waals surface area contributed by atoms with Crippen molar-refractivity contribution in [3.63, 3.8) is 0 Å². The standard InChI is InChI=1S/C15H12FN3O4/c1-9(20)17-10-3-2-4-11(7-10)18-15(21)13-6-5-12(19(22)23)8-14(13)16/h2-8H,1H3,(H,17,20)(H,18,21). The number of rotatable bonds is 4. The highest BCUT2D eigenvalue weighted by atomic mass is 19.1. The second-order valence-electron chi connectivity index (χ2n) is 4.64. The third-order valence-electron chi connectivity index (χ3n) is 2.85. The van der Waals surface area contributed by atoms with Crippen LogP contribution in [-0.2, 0) is 4.79 Å². The number of carbonyl (C=O) groups is 2. The van der Waals surface area contributed by atoms with Crippen LogP contribution in [-0.4, -0.2) is 16.7 Å². The van der Waals surface area contributed by atoms with E-state index in [0.717, 1.165) is 12.1 Å². The van der Waals surface area contributed by atoms with E-state index < -0.39 is 22.3 Å². The van der Waals surface area contributed by atoms with E-state index in [1.807, 2.05) is 0 Å². The first-order valence-electron chi connectivity index (χ1n) is 6.50. The Morgan fingerprint density at radius 1 is 1.09 bits per heavy atom. The van der Waals surface area contributed by atoms with Gasteiger partial charge in [0.1, 0.15) is 5.82 Å². The van der Waals surface area contributed by atoms with E-state index in [0.29, 0.717) is 17.4 Å². The summed E-state index contributed by atoms with van der Waals surface area (Å²) >= 11 is 0. The summed E-state index contributed by atoms with van der Waals surface area (Å²) < 4.78 is 13.8. The van der Waals surface area contributed by atoms with Crippen LogP contribution >= 0.6 is 0 Å². The summed E-state index contributed by atoms with van der Waals surface area (Å²) in [5, 5.41) is 15.6. The summed E-state index contributed by atoms with van der Waals surface area (Å²) in [5.74, 6) is -2.01. The fraction of sp³-hybridized carbons (Fsp3) is 0.0667. The third kappa shape index (κ3) is 4.10. The lowest BCUT2D eigenvalue weighted by atomic mass is 10.1. The first-order chi connectivity index (χ1) is 10.9. The normalized spacial score (nSPS) is 10.0. The van der Waals surface area contributed by atoms with E-state index >= 15 is 0 Å². The lowest BCUT2D eigenvalue weighted by molar-refractivity contribution is -0.385. The Morgan fingerprint density at radius 2 is 1.74 bits per heavy atom. The third-order valence-corrected chi connectivity index (χ3v) is 2.85. The molecule has 2 aromatic carbocycles. The van der Waals surface area contributed by atoms with Gasteiger partial charge in [-0.05, 0) is 24.3 Å². The molecule has 2 aromatic rings. The number of nitrogens with zero attached hydrogens (tertiary/aromatic N) is 1. The molecule has 0 aliphatic rings. The average molecular weight is 317 g/mol. The lowest BCUT2D eigenvalue weighted by Gasteiger charge is -2.08. The van der Waals surface area contributed by atoms with E-state index in [-0.39, 0.29) is 11.5 Å². The number of carbonyl (C=O) groups excluding carboxylic acids is 2. The quantitative estimate of drug-likeness (QED) is 0.668. The van der Waals surface area contributed by atoms with Gasteiger partial charge in [0.05, 0.1) is 16.6 Å². The number of non-ortho nitro benzene ring substituents is 1. The highest BCUT2D eigenvalue weighted by molar-refractivity contribution is 6.05. The van der Waals surface area contributed by atoms with Crippen LogP contribution in [0.15, 0.2) is 42.5 Å². The first kappa shape index (κ1) is 16.1. The van der Waals surface area contributed by atoms with Crippen molar-refractivity contribution in [2.75, 3.05) is 10.6 Å². The number of amides is 2. The van der Waals surface area contributed by atoms with Crippen molar-refractivity contribution in [2.24, 2.45) is 0 Å². The molecule has 7 nitrogen and oxygen atoms in total. The van der Waals surface area contributed by atoms with Crippen LogP contribution in [0.25, 0.3) is 0 Å². The number of nitro groups is 1. The number of hydrogen-bond acceptors (Lipinski definition) is 4. The number of nitrogens with one attached hydrogen (secondary N) is 2. The van der Waals surface area contributed by atoms with E-state index in [9.17, 15) is 24.1 Å². The van der Waals surface area contributed by atoms with Gasteiger partial charge in [-0.25, -0.2) is 4.39 Å². The highest BCUT2D eigenvalue weighted by Gasteiger charge is 2.16. The monoisotopic (exact) mass is 317 g/mol. The predicted molar refractivity (Wildman–Crippen MR) is 81.8 cm³/mol. The highest BCUT2D eigenvalue weighted by Crippen LogP contribution is 2.19. The molecule has 0 saturated carbocycles. The van der Waals surface area contributed by atoms with Crippen molar-refractivity contribution in [3.05, 3.63) is 64.0 Å². The molecule has 0 fully saturated rings. The molecule has 8 heteroatoms. The molecule has 0 spiro atoms. The maximum Gasteiger partial charge on any atom is 0.272 e. The van der Waals surface area contributed by atoms with E-state index in [2.05, 4.69) is 10.6 Å². The Morgan fingerprint density at radius 3 is 2.30 bits per heavy atom. The molecule has 2 N–H and O–H groups in total. The van der Waals surface area contributed by atoms with Crippen molar-refractivity contribution in [1.82, 2.24) is 0 Å². The number of halogens is 1. The number of nitro benzene ring substituents is 1. The molecular weight excluding hydrogens is 305 g/mol. The lowest BCUT2D eigenvalue weighted by Crippen LogP contribution is -2.14. The van der Waals surface area contributed by atoms with Crippen molar-refractivity contribution >= 4 is 28.9 Å². The topological polar surface area (TPSA) is 101 Å². The molecule has 0 aliphatic carbocycles. The van der Waals surface area contributed by atoms with Gasteiger partial charge < -0.3 is 10.6 Å². The summed E-state index contributed by atoms with van der Waals surface area (Å²) in [6.07, 6.45) is 0. The molecule has 0 heterocycles.